The van der Waals surface area contributed by atoms with Crippen molar-refractivity contribution in [1.82, 2.24) is 0 Å². The predicted octanol–water partition coefficient (Wildman–Crippen LogP) is 24.1. The molecule has 0 aliphatic rings. The summed E-state index contributed by atoms with van der Waals surface area (Å²) < 4.78 is 0. The van der Waals surface area contributed by atoms with E-state index in [1.807, 2.05) is 66.7 Å². The summed E-state index contributed by atoms with van der Waals surface area (Å²) >= 11 is 24.0. The molecule has 442 valence electrons. The van der Waals surface area contributed by atoms with E-state index < -0.39 is 0 Å². The summed E-state index contributed by atoms with van der Waals surface area (Å²) in [6.07, 6.45) is 18.2. The van der Waals surface area contributed by atoms with Gasteiger partial charge < -0.3 is 0 Å². The fourth-order valence-corrected chi connectivity index (χ4v) is 11.0. The largest absolute Gasteiger partial charge is 0.294 e. The summed E-state index contributed by atoms with van der Waals surface area (Å²) in [5.74, 6) is 1.91. The Bertz CT molecular complexity index is 2390. The standard InChI is InChI=1S/C19H29ClO.C18H27ClO.2C17H25ClO/c1-5-6-7-8-10-16(14-19(2,3)4)18(21)15-11-9-12-17(20)13-15;1-5-6-7-9-15(13-18(2,3)4)17(20)14-10-8-11-16(19)12-14;1-12(2)9-14(11-17(3,4)5)16(19)13-7-6-8-15(18)10-13;1-5-6-8-14(12-17(2,3)4)16(19)13-9-7-10-15(18)11-13/h9,11-13,16H,5-8,10,14H2,1-4H3;8,10-12,15H,5-7,9,13H2,1-4H3;6-8,10,12,14H,9,11H2,1-5H3;7,9-11,14H,5-6,8,12H2,1-4H3. The van der Waals surface area contributed by atoms with Gasteiger partial charge >= 0.3 is 0 Å². The minimum Gasteiger partial charge on any atom is -0.294 e. The van der Waals surface area contributed by atoms with Crippen LogP contribution < -0.4 is 0 Å². The van der Waals surface area contributed by atoms with Gasteiger partial charge in [-0.15, -0.1) is 0 Å². The Morgan fingerprint density at radius 2 is 0.595 bits per heavy atom. The first kappa shape index (κ1) is 73.7. The van der Waals surface area contributed by atoms with Crippen LogP contribution in [0.5, 0.6) is 0 Å². The van der Waals surface area contributed by atoms with Gasteiger partial charge in [0.2, 0.25) is 0 Å². The van der Waals surface area contributed by atoms with Crippen LogP contribution in [0.3, 0.4) is 0 Å². The zero-order valence-corrected chi connectivity index (χ0v) is 55.3. The van der Waals surface area contributed by atoms with Gasteiger partial charge in [0, 0.05) is 66.0 Å². The van der Waals surface area contributed by atoms with Crippen molar-refractivity contribution in [2.24, 2.45) is 51.2 Å². The number of hydrogen-bond acceptors (Lipinski definition) is 4. The lowest BCUT2D eigenvalue weighted by molar-refractivity contribution is 0.0858. The lowest BCUT2D eigenvalue weighted by Crippen LogP contribution is -2.23. The Kier molecular flexibility index (Phi) is 34.6. The second-order valence-corrected chi connectivity index (χ2v) is 29.2. The van der Waals surface area contributed by atoms with Crippen LogP contribution in [0, 0.1) is 51.2 Å². The van der Waals surface area contributed by atoms with Crippen molar-refractivity contribution < 1.29 is 19.2 Å². The Morgan fingerprint density at radius 1 is 0.354 bits per heavy atom. The second kappa shape index (κ2) is 37.0. The highest BCUT2D eigenvalue weighted by Crippen LogP contribution is 2.35. The summed E-state index contributed by atoms with van der Waals surface area (Å²) in [6.45, 7) is 37.3. The number of unbranched alkanes of at least 4 members (excludes halogenated alkanes) is 6. The maximum absolute atomic E-state index is 12.8. The molecule has 0 bridgehead atoms. The molecule has 0 aromatic heterocycles. The molecule has 4 aromatic rings. The van der Waals surface area contributed by atoms with Gasteiger partial charge in [-0.25, -0.2) is 0 Å². The molecule has 0 saturated heterocycles. The summed E-state index contributed by atoms with van der Waals surface area (Å²) in [7, 11) is 0. The molecule has 0 spiro atoms. The maximum atomic E-state index is 12.8. The molecule has 0 saturated carbocycles. The quantitative estimate of drug-likeness (QED) is 0.0464. The van der Waals surface area contributed by atoms with Crippen LogP contribution in [0.15, 0.2) is 97.1 Å². The summed E-state index contributed by atoms with van der Waals surface area (Å²) in [5.41, 5.74) is 3.67. The molecular weight excluding hydrogens is 1060 g/mol. The molecule has 0 aliphatic carbocycles. The van der Waals surface area contributed by atoms with Gasteiger partial charge in [-0.2, -0.15) is 0 Å². The maximum Gasteiger partial charge on any atom is 0.166 e. The molecule has 4 aromatic carbocycles. The SMILES string of the molecule is CC(C)CC(CC(C)(C)C)C(=O)c1cccc(Cl)c1.CCCCC(CC(C)(C)C)C(=O)c1cccc(Cl)c1.CCCCCC(CC(C)(C)C)C(=O)c1cccc(Cl)c1.CCCCCCC(CC(C)(C)C)C(=O)c1cccc(Cl)c1. The third kappa shape index (κ3) is 34.1. The van der Waals surface area contributed by atoms with E-state index in [2.05, 4.69) is 118 Å². The van der Waals surface area contributed by atoms with E-state index in [0.717, 1.165) is 99.3 Å². The number of benzene rings is 4. The molecular formula is C71H106Cl4O4. The lowest BCUT2D eigenvalue weighted by Gasteiger charge is -2.26. The highest BCUT2D eigenvalue weighted by atomic mass is 35.5. The van der Waals surface area contributed by atoms with Gasteiger partial charge in [-0.3, -0.25) is 19.2 Å². The first-order valence-electron chi connectivity index (χ1n) is 29.9. The molecule has 79 heavy (non-hydrogen) atoms. The van der Waals surface area contributed by atoms with Gasteiger partial charge in [0.15, 0.2) is 23.1 Å². The third-order valence-corrected chi connectivity index (χ3v) is 14.5. The number of carbonyl (C=O) groups is 4. The molecule has 0 fully saturated rings. The van der Waals surface area contributed by atoms with Gasteiger partial charge in [0.05, 0.1) is 0 Å². The van der Waals surface area contributed by atoms with Crippen LogP contribution in [-0.4, -0.2) is 23.1 Å². The second-order valence-electron chi connectivity index (χ2n) is 27.5. The van der Waals surface area contributed by atoms with Crippen molar-refractivity contribution >= 4 is 69.5 Å². The number of rotatable bonds is 26. The molecule has 4 nitrogen and oxygen atoms in total. The highest BCUT2D eigenvalue weighted by molar-refractivity contribution is 6.32. The van der Waals surface area contributed by atoms with E-state index in [9.17, 15) is 19.2 Å². The van der Waals surface area contributed by atoms with Crippen LogP contribution in [0.2, 0.25) is 20.1 Å². The minimum absolute atomic E-state index is 0.0819. The Hall–Kier alpha value is -3.28. The van der Waals surface area contributed by atoms with E-state index in [-0.39, 0.29) is 68.5 Å². The van der Waals surface area contributed by atoms with E-state index in [0.29, 0.717) is 26.0 Å². The first-order chi connectivity index (χ1) is 36.7. The minimum atomic E-state index is 0.0819. The Labute approximate surface area is 503 Å². The summed E-state index contributed by atoms with van der Waals surface area (Å²) in [5, 5.41) is 2.54. The number of Topliss-reactive ketones (excluding diaryl/α,β-unsaturated/α-hetero) is 4. The van der Waals surface area contributed by atoms with Crippen LogP contribution in [-0.2, 0) is 0 Å². The van der Waals surface area contributed by atoms with Crippen molar-refractivity contribution in [2.75, 3.05) is 0 Å². The van der Waals surface area contributed by atoms with Gasteiger partial charge in [0.1, 0.15) is 0 Å². The van der Waals surface area contributed by atoms with E-state index in [4.69, 9.17) is 46.4 Å². The molecule has 8 heteroatoms. The molecule has 0 heterocycles. The third-order valence-electron chi connectivity index (χ3n) is 13.6. The first-order valence-corrected chi connectivity index (χ1v) is 31.4. The van der Waals surface area contributed by atoms with Crippen molar-refractivity contribution in [3.05, 3.63) is 139 Å². The average molecular weight is 1170 g/mol. The normalized spacial score (nSPS) is 13.3. The van der Waals surface area contributed by atoms with E-state index in [1.54, 1.807) is 30.3 Å². The molecule has 0 radical (unpaired) electrons. The molecule has 0 amide bonds. The van der Waals surface area contributed by atoms with Crippen LogP contribution >= 0.6 is 46.4 Å². The van der Waals surface area contributed by atoms with Crippen molar-refractivity contribution in [1.29, 1.82) is 0 Å². The fraction of sp³-hybridized carbons (Fsp3) is 0.606. The number of hydrogen-bond donors (Lipinski definition) is 0. The van der Waals surface area contributed by atoms with Crippen LogP contribution in [0.4, 0.5) is 0 Å². The Morgan fingerprint density at radius 3 is 0.848 bits per heavy atom. The lowest BCUT2D eigenvalue weighted by atomic mass is 9.78. The summed E-state index contributed by atoms with van der Waals surface area (Å²) in [6, 6.07) is 29.3. The van der Waals surface area contributed by atoms with E-state index >= 15 is 0 Å². The zero-order chi connectivity index (χ0) is 60.1. The average Bonchev–Trinajstić information content (AvgIpc) is 3.34. The predicted molar refractivity (Wildman–Crippen MR) is 345 cm³/mol. The van der Waals surface area contributed by atoms with Crippen LogP contribution in [0.25, 0.3) is 0 Å². The monoisotopic (exact) mass is 1160 g/mol. The molecule has 4 unspecified atom stereocenters. The van der Waals surface area contributed by atoms with E-state index in [1.165, 1.54) is 32.1 Å². The number of halogens is 4. The smallest absolute Gasteiger partial charge is 0.166 e. The molecule has 0 aliphatic heterocycles. The topological polar surface area (TPSA) is 68.3 Å². The zero-order valence-electron chi connectivity index (χ0n) is 52.3. The van der Waals surface area contributed by atoms with Gasteiger partial charge in [-0.1, -0.05) is 270 Å². The van der Waals surface area contributed by atoms with Crippen LogP contribution in [0.1, 0.15) is 268 Å². The molecule has 4 atom stereocenters. The molecule has 4 rings (SSSR count). The number of carbonyl (C=O) groups excluding carboxylic acids is 4. The molecule has 0 N–H and O–H groups in total. The Balaban J connectivity index is 0.000000527. The van der Waals surface area contributed by atoms with Crippen molar-refractivity contribution in [3.8, 4) is 0 Å². The van der Waals surface area contributed by atoms with Crippen molar-refractivity contribution in [2.45, 2.75) is 227 Å². The fourth-order valence-electron chi connectivity index (χ4n) is 10.2. The number of ketones is 4. The van der Waals surface area contributed by atoms with Crippen molar-refractivity contribution in [3.63, 3.8) is 0 Å². The highest BCUT2D eigenvalue weighted by Gasteiger charge is 2.29. The van der Waals surface area contributed by atoms with Gasteiger partial charge in [0.25, 0.3) is 0 Å². The van der Waals surface area contributed by atoms with Gasteiger partial charge in [-0.05, 0) is 127 Å². The summed E-state index contributed by atoms with van der Waals surface area (Å²) in [4.78, 5) is 50.8.